The molecular weight excluding hydrogens is 370 g/mol. The van der Waals surface area contributed by atoms with Crippen molar-refractivity contribution in [2.24, 2.45) is 0 Å². The zero-order valence-electron chi connectivity index (χ0n) is 16.0. The number of rotatable bonds is 4. The predicted octanol–water partition coefficient (Wildman–Crippen LogP) is 3.23. The van der Waals surface area contributed by atoms with Gasteiger partial charge in [-0.15, -0.1) is 0 Å². The van der Waals surface area contributed by atoms with Crippen LogP contribution >= 0.6 is 0 Å². The Hall–Kier alpha value is -3.45. The highest BCUT2D eigenvalue weighted by molar-refractivity contribution is 5.91. The van der Waals surface area contributed by atoms with Gasteiger partial charge in [-0.3, -0.25) is 9.69 Å². The number of hydrogen-bond donors (Lipinski definition) is 1. The highest BCUT2D eigenvalue weighted by Gasteiger charge is 2.26. The summed E-state index contributed by atoms with van der Waals surface area (Å²) in [5, 5.41) is 10.0. The summed E-state index contributed by atoms with van der Waals surface area (Å²) >= 11 is 0. The Morgan fingerprint density at radius 2 is 1.83 bits per heavy atom. The minimum atomic E-state index is -1.38. The monoisotopic (exact) mass is 391 g/mol. The Morgan fingerprint density at radius 3 is 2.55 bits per heavy atom. The Balaban J connectivity index is 1.88. The number of amides is 1. The van der Waals surface area contributed by atoms with Crippen molar-refractivity contribution in [1.29, 1.82) is 0 Å². The second-order valence-electron chi connectivity index (χ2n) is 7.05. The third kappa shape index (κ3) is 3.90. The van der Waals surface area contributed by atoms with E-state index in [2.05, 4.69) is 0 Å². The molecule has 1 amide bonds. The van der Waals surface area contributed by atoms with E-state index in [0.29, 0.717) is 41.8 Å². The van der Waals surface area contributed by atoms with E-state index in [-0.39, 0.29) is 18.2 Å². The predicted molar refractivity (Wildman–Crippen MR) is 109 cm³/mol. The fraction of sp³-hybridized carbons (Fsp3) is 0.227. The molecule has 1 N–H and O–H groups in total. The fourth-order valence-corrected chi connectivity index (χ4v) is 3.57. The van der Waals surface area contributed by atoms with Gasteiger partial charge in [0.25, 0.3) is 0 Å². The number of carbonyl (C=O) groups excluding carboxylic acids is 1. The van der Waals surface area contributed by atoms with Crippen LogP contribution in [0.2, 0.25) is 0 Å². The average Bonchev–Trinajstić information content (AvgIpc) is 2.72. The SMILES string of the molecule is CN1CCN(Cc2c(-c3ccccc3)nc3ccccc3c2OC(=O)O)CC1=O. The summed E-state index contributed by atoms with van der Waals surface area (Å²) in [6.07, 6.45) is -1.38. The average molecular weight is 391 g/mol. The van der Waals surface area contributed by atoms with Crippen molar-refractivity contribution >= 4 is 23.0 Å². The standard InChI is InChI=1S/C22H21N3O4/c1-24-11-12-25(14-19(24)26)13-17-20(15-7-3-2-4-8-15)23-18-10-6-5-9-16(18)21(17)29-22(27)28/h2-10H,11-14H2,1H3,(H,27,28). The third-order valence-electron chi connectivity index (χ3n) is 5.10. The summed E-state index contributed by atoms with van der Waals surface area (Å²) in [6, 6.07) is 16.9. The number of likely N-dealkylation sites (N-methyl/N-ethyl adjacent to an activating group) is 1. The number of nitrogens with zero attached hydrogens (tertiary/aromatic N) is 3. The third-order valence-corrected chi connectivity index (χ3v) is 5.10. The van der Waals surface area contributed by atoms with E-state index in [1.807, 2.05) is 53.4 Å². The first kappa shape index (κ1) is 18.9. The second kappa shape index (κ2) is 7.89. The molecule has 7 nitrogen and oxygen atoms in total. The number of carboxylic acid groups (broad SMARTS) is 1. The maximum atomic E-state index is 12.2. The highest BCUT2D eigenvalue weighted by atomic mass is 16.7. The lowest BCUT2D eigenvalue weighted by molar-refractivity contribution is -0.134. The number of piperazine rings is 1. The van der Waals surface area contributed by atoms with Gasteiger partial charge in [0.05, 0.1) is 17.8 Å². The minimum Gasteiger partial charge on any atom is -0.449 e. The molecule has 148 valence electrons. The number of aromatic nitrogens is 1. The Morgan fingerprint density at radius 1 is 1.10 bits per heavy atom. The van der Waals surface area contributed by atoms with Crippen LogP contribution < -0.4 is 4.74 Å². The lowest BCUT2D eigenvalue weighted by atomic mass is 10.0. The summed E-state index contributed by atoms with van der Waals surface area (Å²) in [5.41, 5.74) is 2.84. The molecule has 1 aromatic heterocycles. The van der Waals surface area contributed by atoms with Crippen molar-refractivity contribution in [3.63, 3.8) is 0 Å². The molecule has 3 aromatic rings. The molecule has 2 aromatic carbocycles. The highest BCUT2D eigenvalue weighted by Crippen LogP contribution is 2.37. The maximum absolute atomic E-state index is 12.2. The van der Waals surface area contributed by atoms with Crippen molar-refractivity contribution in [2.75, 3.05) is 26.7 Å². The summed E-state index contributed by atoms with van der Waals surface area (Å²) in [6.45, 7) is 1.94. The van der Waals surface area contributed by atoms with Crippen LogP contribution in [0.5, 0.6) is 5.75 Å². The molecule has 4 rings (SSSR count). The van der Waals surface area contributed by atoms with E-state index < -0.39 is 6.16 Å². The molecule has 1 aliphatic heterocycles. The molecule has 0 saturated carbocycles. The number of fused-ring (bicyclic) bond motifs is 1. The van der Waals surface area contributed by atoms with Crippen LogP contribution in [-0.2, 0) is 11.3 Å². The lowest BCUT2D eigenvalue weighted by Gasteiger charge is -2.32. The van der Waals surface area contributed by atoms with Crippen LogP contribution in [0.15, 0.2) is 54.6 Å². The zero-order chi connectivity index (χ0) is 20.4. The fourth-order valence-electron chi connectivity index (χ4n) is 3.57. The first-order valence-electron chi connectivity index (χ1n) is 9.37. The van der Waals surface area contributed by atoms with E-state index in [0.717, 1.165) is 5.56 Å². The first-order valence-corrected chi connectivity index (χ1v) is 9.37. The van der Waals surface area contributed by atoms with Gasteiger partial charge in [0.2, 0.25) is 5.91 Å². The van der Waals surface area contributed by atoms with E-state index in [4.69, 9.17) is 9.72 Å². The van der Waals surface area contributed by atoms with Gasteiger partial charge in [-0.2, -0.15) is 0 Å². The molecule has 1 aliphatic rings. The Labute approximate surface area is 168 Å². The largest absolute Gasteiger partial charge is 0.511 e. The van der Waals surface area contributed by atoms with Crippen LogP contribution in [0.1, 0.15) is 5.56 Å². The molecule has 0 bridgehead atoms. The maximum Gasteiger partial charge on any atom is 0.511 e. The van der Waals surface area contributed by atoms with Crippen LogP contribution in [0, 0.1) is 0 Å². The van der Waals surface area contributed by atoms with Gasteiger partial charge >= 0.3 is 6.16 Å². The van der Waals surface area contributed by atoms with Gasteiger partial charge in [0, 0.05) is 43.2 Å². The molecule has 0 unspecified atom stereocenters. The second-order valence-corrected chi connectivity index (χ2v) is 7.05. The summed E-state index contributed by atoms with van der Waals surface area (Å²) in [7, 11) is 1.78. The number of carbonyl (C=O) groups is 2. The van der Waals surface area contributed by atoms with Crippen molar-refractivity contribution in [3.05, 3.63) is 60.2 Å². The number of ether oxygens (including phenoxy) is 1. The van der Waals surface area contributed by atoms with Crippen molar-refractivity contribution in [3.8, 4) is 17.0 Å². The van der Waals surface area contributed by atoms with Crippen molar-refractivity contribution in [2.45, 2.75) is 6.54 Å². The van der Waals surface area contributed by atoms with Crippen molar-refractivity contribution in [1.82, 2.24) is 14.8 Å². The summed E-state index contributed by atoms with van der Waals surface area (Å²) < 4.78 is 5.26. The number of para-hydroxylation sites is 1. The first-order chi connectivity index (χ1) is 14.0. The number of benzene rings is 2. The van der Waals surface area contributed by atoms with E-state index in [9.17, 15) is 14.7 Å². The van der Waals surface area contributed by atoms with Gasteiger partial charge < -0.3 is 14.7 Å². The topological polar surface area (TPSA) is 83.0 Å². The molecule has 2 heterocycles. The normalized spacial score (nSPS) is 14.9. The van der Waals surface area contributed by atoms with Crippen LogP contribution in [0.4, 0.5) is 4.79 Å². The smallest absolute Gasteiger partial charge is 0.449 e. The molecule has 0 aliphatic carbocycles. The molecule has 0 atom stereocenters. The minimum absolute atomic E-state index is 0.0342. The van der Waals surface area contributed by atoms with Gasteiger partial charge in [-0.1, -0.05) is 42.5 Å². The number of pyridine rings is 1. The molecule has 29 heavy (non-hydrogen) atoms. The molecule has 7 heteroatoms. The number of hydrogen-bond acceptors (Lipinski definition) is 5. The summed E-state index contributed by atoms with van der Waals surface area (Å²) in [4.78, 5) is 32.2. The van der Waals surface area contributed by atoms with Gasteiger partial charge in [-0.05, 0) is 12.1 Å². The van der Waals surface area contributed by atoms with E-state index in [1.54, 1.807) is 18.0 Å². The zero-order valence-corrected chi connectivity index (χ0v) is 16.0. The van der Waals surface area contributed by atoms with Gasteiger partial charge in [0.1, 0.15) is 0 Å². The Bertz CT molecular complexity index is 1070. The van der Waals surface area contributed by atoms with Crippen LogP contribution in [0.25, 0.3) is 22.2 Å². The van der Waals surface area contributed by atoms with Gasteiger partial charge in [0.15, 0.2) is 5.75 Å². The van der Waals surface area contributed by atoms with Crippen molar-refractivity contribution < 1.29 is 19.4 Å². The van der Waals surface area contributed by atoms with Crippen LogP contribution in [0.3, 0.4) is 0 Å². The van der Waals surface area contributed by atoms with Crippen LogP contribution in [-0.4, -0.2) is 58.6 Å². The summed E-state index contributed by atoms with van der Waals surface area (Å²) in [5.74, 6) is 0.306. The van der Waals surface area contributed by atoms with E-state index >= 15 is 0 Å². The molecule has 0 spiro atoms. The molecule has 0 radical (unpaired) electrons. The molecule has 1 saturated heterocycles. The Kier molecular flexibility index (Phi) is 5.14. The van der Waals surface area contributed by atoms with E-state index in [1.165, 1.54) is 0 Å². The van der Waals surface area contributed by atoms with Gasteiger partial charge in [-0.25, -0.2) is 9.78 Å². The quantitative estimate of drug-likeness (QED) is 0.688. The lowest BCUT2D eigenvalue weighted by Crippen LogP contribution is -2.48. The molecular formula is C22H21N3O4. The molecule has 1 fully saturated rings.